The van der Waals surface area contributed by atoms with Gasteiger partial charge >= 0.3 is 0 Å². The first-order chi connectivity index (χ1) is 10.9. The van der Waals surface area contributed by atoms with Gasteiger partial charge in [0.2, 0.25) is 15.9 Å². The number of sulfonamides is 1. The van der Waals surface area contributed by atoms with E-state index in [-0.39, 0.29) is 18.9 Å². The highest BCUT2D eigenvalue weighted by Gasteiger charge is 2.17. The fourth-order valence-corrected chi connectivity index (χ4v) is 2.99. The zero-order chi connectivity index (χ0) is 17.3. The van der Waals surface area contributed by atoms with Crippen molar-refractivity contribution in [1.29, 1.82) is 0 Å². The summed E-state index contributed by atoms with van der Waals surface area (Å²) in [5.74, 6) is -0.199. The van der Waals surface area contributed by atoms with Gasteiger partial charge in [-0.15, -0.1) is 0 Å². The molecule has 6 nitrogen and oxygen atoms in total. The number of ether oxygens (including phenoxy) is 1. The molecule has 0 aliphatic heterocycles. The second kappa shape index (κ2) is 9.64. The largest absolute Gasteiger partial charge is 0.385 e. The zero-order valence-electron chi connectivity index (χ0n) is 14.0. The third-order valence-corrected chi connectivity index (χ3v) is 4.76. The average Bonchev–Trinajstić information content (AvgIpc) is 2.50. The Labute approximate surface area is 138 Å². The molecule has 1 aromatic carbocycles. The van der Waals surface area contributed by atoms with Crippen LogP contribution in [0.3, 0.4) is 0 Å². The third-order valence-electron chi connectivity index (χ3n) is 3.46. The number of methoxy groups -OCH3 is 1. The number of amides is 1. The summed E-state index contributed by atoms with van der Waals surface area (Å²) in [5, 5.41) is 2.78. The Kier molecular flexibility index (Phi) is 8.22. The van der Waals surface area contributed by atoms with Crippen LogP contribution in [0.4, 0.5) is 5.69 Å². The number of benzene rings is 1. The highest BCUT2D eigenvalue weighted by atomic mass is 32.2. The van der Waals surface area contributed by atoms with Crippen molar-refractivity contribution in [3.8, 4) is 0 Å². The second-order valence-electron chi connectivity index (χ2n) is 5.36. The number of hydrogen-bond acceptors (Lipinski definition) is 4. The minimum Gasteiger partial charge on any atom is -0.385 e. The van der Waals surface area contributed by atoms with Crippen molar-refractivity contribution < 1.29 is 17.9 Å². The Balaban J connectivity index is 2.50. The molecular formula is C16H26N2O4S. The maximum atomic E-state index is 12.0. The number of carbonyl (C=O) groups excluding carboxylic acids is 1. The molecule has 1 N–H and O–H groups in total. The van der Waals surface area contributed by atoms with Gasteiger partial charge in [-0.3, -0.25) is 4.79 Å². The molecule has 1 aromatic rings. The minimum absolute atomic E-state index is 0.121. The van der Waals surface area contributed by atoms with Gasteiger partial charge in [0.1, 0.15) is 0 Å². The smallest absolute Gasteiger partial charge is 0.225 e. The van der Waals surface area contributed by atoms with Crippen LogP contribution in [0.5, 0.6) is 0 Å². The lowest BCUT2D eigenvalue weighted by Crippen LogP contribution is -2.34. The number of nitrogens with zero attached hydrogens (tertiary/aromatic N) is 1. The van der Waals surface area contributed by atoms with E-state index in [0.717, 1.165) is 18.4 Å². The number of carbonyl (C=O) groups is 1. The van der Waals surface area contributed by atoms with Crippen molar-refractivity contribution in [1.82, 2.24) is 4.31 Å². The molecule has 0 aromatic heterocycles. The van der Waals surface area contributed by atoms with Gasteiger partial charge in [0.25, 0.3) is 0 Å². The van der Waals surface area contributed by atoms with Crippen molar-refractivity contribution in [2.24, 2.45) is 0 Å². The molecule has 0 bridgehead atoms. The minimum atomic E-state index is -3.33. The van der Waals surface area contributed by atoms with Gasteiger partial charge in [0, 0.05) is 38.9 Å². The summed E-state index contributed by atoms with van der Waals surface area (Å²) in [6, 6.07) is 7.62. The van der Waals surface area contributed by atoms with Crippen LogP contribution in [-0.2, 0) is 26.0 Å². The Morgan fingerprint density at radius 1 is 1.22 bits per heavy atom. The lowest BCUT2D eigenvalue weighted by atomic mass is 10.1. The Morgan fingerprint density at radius 3 is 2.39 bits per heavy atom. The number of rotatable bonds is 10. The van der Waals surface area contributed by atoms with Crippen LogP contribution in [0, 0.1) is 0 Å². The molecule has 130 valence electrons. The van der Waals surface area contributed by atoms with Crippen molar-refractivity contribution in [3.05, 3.63) is 29.8 Å². The second-order valence-corrected chi connectivity index (χ2v) is 7.34. The molecule has 1 amide bonds. The van der Waals surface area contributed by atoms with E-state index in [9.17, 15) is 13.2 Å². The van der Waals surface area contributed by atoms with Gasteiger partial charge in [0.05, 0.1) is 6.26 Å². The first kappa shape index (κ1) is 19.6. The number of aryl methyl sites for hydroxylation is 1. The summed E-state index contributed by atoms with van der Waals surface area (Å²) in [6.07, 6.45) is 2.82. The van der Waals surface area contributed by atoms with Crippen molar-refractivity contribution in [2.45, 2.75) is 26.2 Å². The highest BCUT2D eigenvalue weighted by Crippen LogP contribution is 2.10. The zero-order valence-corrected chi connectivity index (χ0v) is 14.9. The van der Waals surface area contributed by atoms with E-state index in [1.165, 1.54) is 9.87 Å². The van der Waals surface area contributed by atoms with Gasteiger partial charge in [-0.05, 0) is 30.5 Å². The molecule has 0 unspecified atom stereocenters. The standard InChI is InChI=1S/C16H26N2O4S/c1-4-14-6-8-15(9-7-14)17-16(19)10-12-18(23(3,20)21)11-5-13-22-2/h6-9H,4-5,10-13H2,1-3H3,(H,17,19). The van der Waals surface area contributed by atoms with E-state index >= 15 is 0 Å². The van der Waals surface area contributed by atoms with Crippen LogP contribution < -0.4 is 5.32 Å². The van der Waals surface area contributed by atoms with Gasteiger partial charge < -0.3 is 10.1 Å². The molecule has 0 radical (unpaired) electrons. The predicted molar refractivity (Wildman–Crippen MR) is 92.0 cm³/mol. The summed E-state index contributed by atoms with van der Waals surface area (Å²) in [6.45, 7) is 3.07. The van der Waals surface area contributed by atoms with E-state index in [1.807, 2.05) is 24.3 Å². The summed E-state index contributed by atoms with van der Waals surface area (Å²) in [7, 11) is -1.75. The average molecular weight is 342 g/mol. The highest BCUT2D eigenvalue weighted by molar-refractivity contribution is 7.88. The molecular weight excluding hydrogens is 316 g/mol. The molecule has 0 saturated carbocycles. The Bertz CT molecular complexity index is 585. The third kappa shape index (κ3) is 7.58. The summed E-state index contributed by atoms with van der Waals surface area (Å²) in [4.78, 5) is 12.0. The predicted octanol–water partition coefficient (Wildman–Crippen LogP) is 1.88. The molecule has 0 aliphatic rings. The van der Waals surface area contributed by atoms with E-state index in [0.29, 0.717) is 19.6 Å². The van der Waals surface area contributed by atoms with E-state index in [4.69, 9.17) is 4.74 Å². The van der Waals surface area contributed by atoms with Crippen LogP contribution in [0.15, 0.2) is 24.3 Å². The maximum Gasteiger partial charge on any atom is 0.225 e. The fourth-order valence-electron chi connectivity index (χ4n) is 2.10. The molecule has 0 aliphatic carbocycles. The lowest BCUT2D eigenvalue weighted by Gasteiger charge is -2.19. The van der Waals surface area contributed by atoms with Crippen LogP contribution in [0.25, 0.3) is 0 Å². The van der Waals surface area contributed by atoms with E-state index in [2.05, 4.69) is 12.2 Å². The van der Waals surface area contributed by atoms with Gasteiger partial charge in [-0.2, -0.15) is 0 Å². The van der Waals surface area contributed by atoms with Crippen molar-refractivity contribution in [2.75, 3.05) is 38.4 Å². The summed E-state index contributed by atoms with van der Waals surface area (Å²) >= 11 is 0. The monoisotopic (exact) mass is 342 g/mol. The summed E-state index contributed by atoms with van der Waals surface area (Å²) < 4.78 is 29.7. The van der Waals surface area contributed by atoms with Crippen LogP contribution in [0.1, 0.15) is 25.3 Å². The molecule has 7 heteroatoms. The number of nitrogens with one attached hydrogen (secondary N) is 1. The quantitative estimate of drug-likeness (QED) is 0.659. The Morgan fingerprint density at radius 2 is 1.87 bits per heavy atom. The van der Waals surface area contributed by atoms with Gasteiger partial charge in [-0.1, -0.05) is 19.1 Å². The van der Waals surface area contributed by atoms with E-state index in [1.54, 1.807) is 7.11 Å². The number of hydrogen-bond donors (Lipinski definition) is 1. The van der Waals surface area contributed by atoms with Gasteiger partial charge in [0.15, 0.2) is 0 Å². The SMILES string of the molecule is CCc1ccc(NC(=O)CCN(CCCOC)S(C)(=O)=O)cc1. The molecule has 23 heavy (non-hydrogen) atoms. The first-order valence-electron chi connectivity index (χ1n) is 7.69. The van der Waals surface area contributed by atoms with Crippen LogP contribution in [-0.4, -0.2) is 51.7 Å². The molecule has 0 spiro atoms. The van der Waals surface area contributed by atoms with Crippen molar-refractivity contribution >= 4 is 21.6 Å². The van der Waals surface area contributed by atoms with Crippen molar-refractivity contribution in [3.63, 3.8) is 0 Å². The first-order valence-corrected chi connectivity index (χ1v) is 9.54. The normalized spacial score (nSPS) is 11.7. The molecule has 0 atom stereocenters. The van der Waals surface area contributed by atoms with Crippen LogP contribution in [0.2, 0.25) is 0 Å². The summed E-state index contributed by atoms with van der Waals surface area (Å²) in [5.41, 5.74) is 1.92. The fraction of sp³-hybridized carbons (Fsp3) is 0.562. The van der Waals surface area contributed by atoms with E-state index < -0.39 is 10.0 Å². The lowest BCUT2D eigenvalue weighted by molar-refractivity contribution is -0.116. The Hall–Kier alpha value is -1.44. The molecule has 1 rings (SSSR count). The molecule has 0 saturated heterocycles. The maximum absolute atomic E-state index is 12.0. The molecule has 0 heterocycles. The topological polar surface area (TPSA) is 75.7 Å². The molecule has 0 fully saturated rings. The number of anilines is 1. The van der Waals surface area contributed by atoms with Gasteiger partial charge in [-0.25, -0.2) is 12.7 Å². The van der Waals surface area contributed by atoms with Crippen LogP contribution >= 0.6 is 0 Å².